The number of benzene rings is 1. The number of methoxy groups -OCH3 is 1. The van der Waals surface area contributed by atoms with E-state index in [1.54, 1.807) is 23.1 Å². The predicted molar refractivity (Wildman–Crippen MR) is 130 cm³/mol. The summed E-state index contributed by atoms with van der Waals surface area (Å²) in [6.07, 6.45) is 2.00. The van der Waals surface area contributed by atoms with E-state index in [1.165, 1.54) is 13.2 Å². The van der Waals surface area contributed by atoms with Crippen LogP contribution in [0.15, 0.2) is 61.2 Å². The summed E-state index contributed by atoms with van der Waals surface area (Å²) in [4.78, 5) is 12.5. The molecule has 0 saturated carbocycles. The Hall–Kier alpha value is -4.61. The van der Waals surface area contributed by atoms with Gasteiger partial charge < -0.3 is 19.8 Å². The highest BCUT2D eigenvalue weighted by atomic mass is 19.4. The molecular weight excluding hydrogens is 487 g/mol. The van der Waals surface area contributed by atoms with Gasteiger partial charge in [-0.05, 0) is 29.8 Å². The minimum atomic E-state index is -4.49. The molecule has 9 nitrogen and oxygen atoms in total. The van der Waals surface area contributed by atoms with Crippen molar-refractivity contribution in [3.63, 3.8) is 0 Å². The molecule has 0 aliphatic heterocycles. The summed E-state index contributed by atoms with van der Waals surface area (Å²) in [6, 6.07) is 9.52. The number of hydrogen-bond acceptors (Lipinski definition) is 7. The Balaban J connectivity index is 1.33. The van der Waals surface area contributed by atoms with Crippen molar-refractivity contribution in [2.24, 2.45) is 7.05 Å². The first kappa shape index (κ1) is 24.1. The summed E-state index contributed by atoms with van der Waals surface area (Å²) in [7, 11) is 3.35. The molecule has 5 rings (SSSR count). The highest BCUT2D eigenvalue weighted by molar-refractivity contribution is 5.81. The number of rotatable bonds is 7. The molecule has 4 aromatic heterocycles. The van der Waals surface area contributed by atoms with Crippen LogP contribution in [0, 0.1) is 0 Å². The lowest BCUT2D eigenvalue weighted by molar-refractivity contribution is -0.141. The molecule has 0 saturated heterocycles. The molecule has 37 heavy (non-hydrogen) atoms. The zero-order valence-corrected chi connectivity index (χ0v) is 19.9. The Morgan fingerprint density at radius 3 is 2.46 bits per heavy atom. The molecule has 1 aromatic carbocycles. The molecule has 0 bridgehead atoms. The fraction of sp³-hybridized carbons (Fsp3) is 0.200. The normalized spacial score (nSPS) is 11.7. The van der Waals surface area contributed by atoms with E-state index in [9.17, 15) is 13.2 Å². The highest BCUT2D eigenvalue weighted by Crippen LogP contribution is 2.31. The second-order valence-corrected chi connectivity index (χ2v) is 8.34. The number of alkyl halides is 3. The van der Waals surface area contributed by atoms with E-state index in [4.69, 9.17) is 15.2 Å². The standard InChI is InChI=1S/C25H22F3N7O2/c1-34-13-17(10-32-34)18-8-19-20(11-30-18)35(24(29)33-19)12-15-3-5-21(22(7-15)36-2)37-14-16-4-6-23(31-9-16)25(26,27)28/h3-11,13H,12,14H2,1-2H3,(H2,29,33). The first-order valence-corrected chi connectivity index (χ1v) is 11.1. The summed E-state index contributed by atoms with van der Waals surface area (Å²) in [5.74, 6) is 1.25. The number of aryl methyl sites for hydroxylation is 1. The third kappa shape index (κ3) is 5.03. The summed E-state index contributed by atoms with van der Waals surface area (Å²) >= 11 is 0. The van der Waals surface area contributed by atoms with Gasteiger partial charge in [-0.2, -0.15) is 18.3 Å². The maximum absolute atomic E-state index is 12.7. The van der Waals surface area contributed by atoms with Gasteiger partial charge >= 0.3 is 6.18 Å². The van der Waals surface area contributed by atoms with Crippen LogP contribution < -0.4 is 15.2 Å². The van der Waals surface area contributed by atoms with Crippen molar-refractivity contribution >= 4 is 17.0 Å². The van der Waals surface area contributed by atoms with Crippen LogP contribution in [0.3, 0.4) is 0 Å². The number of nitrogens with two attached hydrogens (primary N) is 1. The van der Waals surface area contributed by atoms with E-state index in [2.05, 4.69) is 20.1 Å². The molecule has 190 valence electrons. The number of anilines is 1. The van der Waals surface area contributed by atoms with Crippen LogP contribution in [0.4, 0.5) is 19.1 Å². The second kappa shape index (κ2) is 9.45. The number of fused-ring (bicyclic) bond motifs is 1. The number of aromatic nitrogens is 6. The van der Waals surface area contributed by atoms with Gasteiger partial charge in [0.05, 0.1) is 42.8 Å². The highest BCUT2D eigenvalue weighted by Gasteiger charge is 2.32. The molecule has 4 heterocycles. The molecule has 0 atom stereocenters. The van der Waals surface area contributed by atoms with E-state index >= 15 is 0 Å². The van der Waals surface area contributed by atoms with Gasteiger partial charge in [0.2, 0.25) is 5.95 Å². The van der Waals surface area contributed by atoms with Crippen LogP contribution in [-0.4, -0.2) is 36.4 Å². The number of halogens is 3. The van der Waals surface area contributed by atoms with Crippen molar-refractivity contribution in [1.82, 2.24) is 29.3 Å². The number of imidazole rings is 1. The Bertz CT molecular complexity index is 1560. The van der Waals surface area contributed by atoms with Crippen LogP contribution in [0.1, 0.15) is 16.8 Å². The number of pyridine rings is 2. The SMILES string of the molecule is COc1cc(Cn2c(N)nc3cc(-c4cnn(C)c4)ncc32)ccc1OCc1ccc(C(F)(F)F)nc1. The van der Waals surface area contributed by atoms with Crippen molar-refractivity contribution in [3.05, 3.63) is 78.0 Å². The largest absolute Gasteiger partial charge is 0.493 e. The first-order valence-electron chi connectivity index (χ1n) is 11.1. The van der Waals surface area contributed by atoms with Gasteiger partial charge in [-0.3, -0.25) is 14.6 Å². The maximum atomic E-state index is 12.7. The minimum Gasteiger partial charge on any atom is -0.493 e. The smallest absolute Gasteiger partial charge is 0.433 e. The van der Waals surface area contributed by atoms with E-state index in [1.807, 2.05) is 36.0 Å². The Morgan fingerprint density at radius 1 is 0.973 bits per heavy atom. The third-order valence-corrected chi connectivity index (χ3v) is 5.74. The lowest BCUT2D eigenvalue weighted by Crippen LogP contribution is -2.08. The molecule has 12 heteroatoms. The van der Waals surface area contributed by atoms with Gasteiger partial charge in [0.1, 0.15) is 12.3 Å². The first-order chi connectivity index (χ1) is 17.7. The van der Waals surface area contributed by atoms with Gasteiger partial charge in [0.25, 0.3) is 0 Å². The van der Waals surface area contributed by atoms with E-state index in [0.29, 0.717) is 35.1 Å². The Kier molecular flexibility index (Phi) is 6.15. The minimum absolute atomic E-state index is 0.0326. The summed E-state index contributed by atoms with van der Waals surface area (Å²) in [5, 5.41) is 4.18. The van der Waals surface area contributed by atoms with Gasteiger partial charge in [0, 0.05) is 30.6 Å². The van der Waals surface area contributed by atoms with Gasteiger partial charge in [0.15, 0.2) is 11.5 Å². The summed E-state index contributed by atoms with van der Waals surface area (Å²) in [5.41, 5.74) is 9.76. The van der Waals surface area contributed by atoms with E-state index < -0.39 is 11.9 Å². The molecule has 0 spiro atoms. The zero-order valence-electron chi connectivity index (χ0n) is 19.9. The Labute approximate surface area is 209 Å². The summed E-state index contributed by atoms with van der Waals surface area (Å²) < 4.78 is 52.9. The number of hydrogen-bond donors (Lipinski definition) is 1. The molecule has 0 amide bonds. The van der Waals surface area contributed by atoms with Crippen molar-refractivity contribution in [3.8, 4) is 22.8 Å². The molecule has 0 aliphatic carbocycles. The maximum Gasteiger partial charge on any atom is 0.433 e. The topological polar surface area (TPSA) is 106 Å². The predicted octanol–water partition coefficient (Wildman–Crippen LogP) is 4.46. The van der Waals surface area contributed by atoms with Crippen LogP contribution in [0.2, 0.25) is 0 Å². The van der Waals surface area contributed by atoms with Crippen LogP contribution in [-0.2, 0) is 26.4 Å². The van der Waals surface area contributed by atoms with Gasteiger partial charge in [-0.15, -0.1) is 0 Å². The van der Waals surface area contributed by atoms with Gasteiger partial charge in [-0.25, -0.2) is 4.98 Å². The van der Waals surface area contributed by atoms with Crippen LogP contribution in [0.5, 0.6) is 11.5 Å². The number of nitrogens with zero attached hydrogens (tertiary/aromatic N) is 6. The van der Waals surface area contributed by atoms with Crippen molar-refractivity contribution in [1.29, 1.82) is 0 Å². The molecule has 5 aromatic rings. The van der Waals surface area contributed by atoms with Gasteiger partial charge in [-0.1, -0.05) is 12.1 Å². The fourth-order valence-corrected chi connectivity index (χ4v) is 3.87. The second-order valence-electron chi connectivity index (χ2n) is 8.34. The molecule has 2 N–H and O–H groups in total. The van der Waals surface area contributed by atoms with Crippen LogP contribution in [0.25, 0.3) is 22.3 Å². The molecular formula is C25H22F3N7O2. The summed E-state index contributed by atoms with van der Waals surface area (Å²) in [6.45, 7) is 0.445. The van der Waals surface area contributed by atoms with Crippen molar-refractivity contribution < 1.29 is 22.6 Å². The lowest BCUT2D eigenvalue weighted by atomic mass is 10.2. The van der Waals surface area contributed by atoms with E-state index in [0.717, 1.165) is 34.6 Å². The fourth-order valence-electron chi connectivity index (χ4n) is 3.87. The quantitative estimate of drug-likeness (QED) is 0.345. The molecule has 0 unspecified atom stereocenters. The number of ether oxygens (including phenoxy) is 2. The number of nitrogen functional groups attached to an aromatic ring is 1. The Morgan fingerprint density at radius 2 is 1.78 bits per heavy atom. The zero-order chi connectivity index (χ0) is 26.2. The van der Waals surface area contributed by atoms with Crippen molar-refractivity contribution in [2.75, 3.05) is 12.8 Å². The van der Waals surface area contributed by atoms with Crippen LogP contribution >= 0.6 is 0 Å². The third-order valence-electron chi connectivity index (χ3n) is 5.74. The average Bonchev–Trinajstić information content (AvgIpc) is 3.45. The van der Waals surface area contributed by atoms with E-state index in [-0.39, 0.29) is 6.61 Å². The molecule has 0 aliphatic rings. The molecule has 0 radical (unpaired) electrons. The molecule has 0 fully saturated rings. The van der Waals surface area contributed by atoms with Crippen molar-refractivity contribution in [2.45, 2.75) is 19.3 Å². The monoisotopic (exact) mass is 509 g/mol. The average molecular weight is 509 g/mol. The lowest BCUT2D eigenvalue weighted by Gasteiger charge is -2.13.